The minimum absolute atomic E-state index is 0.422. The Labute approximate surface area is 173 Å². The second-order valence-electron chi connectivity index (χ2n) is 7.01. The van der Waals surface area contributed by atoms with Crippen LogP contribution in [0.5, 0.6) is 0 Å². The Bertz CT molecular complexity index is 791. The molecule has 0 spiro atoms. The average molecular weight is 426 g/mol. The molecule has 1 fully saturated rings. The summed E-state index contributed by atoms with van der Waals surface area (Å²) in [4.78, 5) is 10.3. The Morgan fingerprint density at radius 2 is 2.07 bits per heavy atom. The standard InChI is InChI=1S/C20H26F3N5S/c1-24-19(25-10-9-18-27-17(14-29-18)20(21,22)23)26-12-16-8-5-11-28(16)13-15-6-3-2-4-7-15/h2-4,6-7,14,16H,5,8-13H2,1H3,(H2,24,25,26). The number of hydrogen-bond donors (Lipinski definition) is 2. The van der Waals surface area contributed by atoms with Gasteiger partial charge < -0.3 is 10.6 Å². The van der Waals surface area contributed by atoms with Crippen LogP contribution in [0.1, 0.15) is 29.1 Å². The van der Waals surface area contributed by atoms with Crippen LogP contribution in [0, 0.1) is 0 Å². The van der Waals surface area contributed by atoms with Crippen molar-refractivity contribution in [1.82, 2.24) is 20.5 Å². The summed E-state index contributed by atoms with van der Waals surface area (Å²) in [5.74, 6) is 0.657. The van der Waals surface area contributed by atoms with Gasteiger partial charge in [0.1, 0.15) is 0 Å². The second kappa shape index (κ2) is 10.1. The predicted octanol–water partition coefficient (Wildman–Crippen LogP) is 3.53. The molecule has 5 nitrogen and oxygen atoms in total. The maximum atomic E-state index is 12.6. The van der Waals surface area contributed by atoms with Crippen LogP contribution in [-0.2, 0) is 19.1 Å². The third-order valence-electron chi connectivity index (χ3n) is 4.93. The van der Waals surface area contributed by atoms with Gasteiger partial charge in [-0.2, -0.15) is 13.2 Å². The molecule has 1 aliphatic rings. The maximum absolute atomic E-state index is 12.6. The van der Waals surface area contributed by atoms with E-state index in [1.54, 1.807) is 7.05 Å². The van der Waals surface area contributed by atoms with Crippen LogP contribution in [0.4, 0.5) is 13.2 Å². The first-order chi connectivity index (χ1) is 14.0. The van der Waals surface area contributed by atoms with Gasteiger partial charge in [-0.1, -0.05) is 30.3 Å². The van der Waals surface area contributed by atoms with Crippen molar-refractivity contribution >= 4 is 17.3 Å². The van der Waals surface area contributed by atoms with Crippen molar-refractivity contribution in [3.8, 4) is 0 Å². The summed E-state index contributed by atoms with van der Waals surface area (Å²) in [7, 11) is 1.69. The lowest BCUT2D eigenvalue weighted by atomic mass is 10.2. The fourth-order valence-corrected chi connectivity index (χ4v) is 4.24. The largest absolute Gasteiger partial charge is 0.434 e. The smallest absolute Gasteiger partial charge is 0.356 e. The molecule has 0 radical (unpaired) electrons. The van der Waals surface area contributed by atoms with Gasteiger partial charge in [-0.15, -0.1) is 11.3 Å². The minimum Gasteiger partial charge on any atom is -0.356 e. The molecule has 1 aliphatic heterocycles. The zero-order valence-electron chi connectivity index (χ0n) is 16.4. The summed E-state index contributed by atoms with van der Waals surface area (Å²) in [5.41, 5.74) is 0.489. The molecule has 2 N–H and O–H groups in total. The fourth-order valence-electron chi connectivity index (χ4n) is 3.43. The monoisotopic (exact) mass is 425 g/mol. The highest BCUT2D eigenvalue weighted by molar-refractivity contribution is 7.09. The van der Waals surface area contributed by atoms with E-state index in [1.807, 2.05) is 6.07 Å². The van der Waals surface area contributed by atoms with Crippen molar-refractivity contribution < 1.29 is 13.2 Å². The van der Waals surface area contributed by atoms with Crippen LogP contribution in [0.15, 0.2) is 40.7 Å². The van der Waals surface area contributed by atoms with Crippen LogP contribution in [-0.4, -0.2) is 48.6 Å². The topological polar surface area (TPSA) is 52.6 Å². The number of halogens is 3. The van der Waals surface area contributed by atoms with Crippen molar-refractivity contribution in [3.05, 3.63) is 52.0 Å². The number of thiazole rings is 1. The van der Waals surface area contributed by atoms with E-state index in [0.29, 0.717) is 30.0 Å². The van der Waals surface area contributed by atoms with E-state index in [0.717, 1.165) is 42.8 Å². The van der Waals surface area contributed by atoms with E-state index in [9.17, 15) is 13.2 Å². The van der Waals surface area contributed by atoms with Crippen LogP contribution in [0.2, 0.25) is 0 Å². The highest BCUT2D eigenvalue weighted by Gasteiger charge is 2.33. The quantitative estimate of drug-likeness (QED) is 0.526. The zero-order valence-corrected chi connectivity index (χ0v) is 17.2. The Balaban J connectivity index is 1.42. The lowest BCUT2D eigenvalue weighted by molar-refractivity contribution is -0.140. The van der Waals surface area contributed by atoms with E-state index in [1.165, 1.54) is 12.0 Å². The number of alkyl halides is 3. The number of hydrogen-bond acceptors (Lipinski definition) is 4. The predicted molar refractivity (Wildman–Crippen MR) is 110 cm³/mol. The fraction of sp³-hybridized carbons (Fsp3) is 0.500. The number of likely N-dealkylation sites (tertiary alicyclic amines) is 1. The molecule has 0 aliphatic carbocycles. The summed E-state index contributed by atoms with van der Waals surface area (Å²) in [5, 5.41) is 8.03. The highest BCUT2D eigenvalue weighted by atomic mass is 32.1. The van der Waals surface area contributed by atoms with E-state index >= 15 is 0 Å². The molecule has 2 aromatic rings. The Hall–Kier alpha value is -2.13. The molecule has 29 heavy (non-hydrogen) atoms. The van der Waals surface area contributed by atoms with Gasteiger partial charge >= 0.3 is 6.18 Å². The molecule has 1 atom stereocenters. The molecule has 1 saturated heterocycles. The van der Waals surface area contributed by atoms with Crippen LogP contribution < -0.4 is 10.6 Å². The van der Waals surface area contributed by atoms with Gasteiger partial charge in [-0.3, -0.25) is 9.89 Å². The average Bonchev–Trinajstić information content (AvgIpc) is 3.35. The number of guanidine groups is 1. The number of nitrogens with zero attached hydrogens (tertiary/aromatic N) is 3. The van der Waals surface area contributed by atoms with Crippen molar-refractivity contribution in [2.45, 2.75) is 38.0 Å². The van der Waals surface area contributed by atoms with E-state index in [2.05, 4.69) is 49.8 Å². The number of benzene rings is 1. The molecule has 158 valence electrons. The van der Waals surface area contributed by atoms with Gasteiger partial charge in [0.15, 0.2) is 11.7 Å². The molecule has 0 bridgehead atoms. The summed E-state index contributed by atoms with van der Waals surface area (Å²) >= 11 is 1.03. The van der Waals surface area contributed by atoms with Crippen LogP contribution in [0.3, 0.4) is 0 Å². The first-order valence-corrected chi connectivity index (χ1v) is 10.6. The van der Waals surface area contributed by atoms with Crippen LogP contribution in [0.25, 0.3) is 0 Å². The molecule has 0 saturated carbocycles. The molecule has 1 aromatic heterocycles. The molecular formula is C20H26F3N5S. The number of rotatable bonds is 7. The minimum atomic E-state index is -4.38. The van der Waals surface area contributed by atoms with Gasteiger partial charge in [0.05, 0.1) is 5.01 Å². The Kier molecular flexibility index (Phi) is 7.49. The number of aliphatic imine (C=N–C) groups is 1. The number of aromatic nitrogens is 1. The molecule has 9 heteroatoms. The molecular weight excluding hydrogens is 399 g/mol. The summed E-state index contributed by atoms with van der Waals surface area (Å²) in [6.07, 6.45) is -1.65. The summed E-state index contributed by atoms with van der Waals surface area (Å²) in [6.45, 7) is 3.27. The second-order valence-corrected chi connectivity index (χ2v) is 7.95. The van der Waals surface area contributed by atoms with E-state index in [-0.39, 0.29) is 0 Å². The van der Waals surface area contributed by atoms with Crippen molar-refractivity contribution in [2.75, 3.05) is 26.7 Å². The van der Waals surface area contributed by atoms with Crippen molar-refractivity contribution in [3.63, 3.8) is 0 Å². The lowest BCUT2D eigenvalue weighted by Crippen LogP contribution is -2.45. The third kappa shape index (κ3) is 6.43. The first kappa shape index (κ1) is 21.6. The molecule has 2 heterocycles. The third-order valence-corrected chi connectivity index (χ3v) is 5.84. The van der Waals surface area contributed by atoms with E-state index in [4.69, 9.17) is 0 Å². The lowest BCUT2D eigenvalue weighted by Gasteiger charge is -2.25. The molecule has 1 aromatic carbocycles. The molecule has 3 rings (SSSR count). The van der Waals surface area contributed by atoms with Gasteiger partial charge in [0.2, 0.25) is 0 Å². The van der Waals surface area contributed by atoms with Gasteiger partial charge in [-0.05, 0) is 24.9 Å². The maximum Gasteiger partial charge on any atom is 0.434 e. The van der Waals surface area contributed by atoms with Crippen LogP contribution >= 0.6 is 11.3 Å². The van der Waals surface area contributed by atoms with E-state index < -0.39 is 11.9 Å². The number of nitrogens with one attached hydrogen (secondary N) is 2. The Morgan fingerprint density at radius 1 is 1.28 bits per heavy atom. The molecule has 0 amide bonds. The normalized spacial score (nSPS) is 18.2. The van der Waals surface area contributed by atoms with Gasteiger partial charge in [0.25, 0.3) is 0 Å². The molecule has 1 unspecified atom stereocenters. The van der Waals surface area contributed by atoms with Gasteiger partial charge in [0, 0.05) is 44.5 Å². The van der Waals surface area contributed by atoms with Crippen molar-refractivity contribution in [1.29, 1.82) is 0 Å². The Morgan fingerprint density at radius 3 is 2.76 bits per heavy atom. The van der Waals surface area contributed by atoms with Crippen molar-refractivity contribution in [2.24, 2.45) is 4.99 Å². The first-order valence-electron chi connectivity index (χ1n) is 9.70. The SMILES string of the molecule is CN=C(NCCc1nc(C(F)(F)F)cs1)NCC1CCCN1Cc1ccccc1. The zero-order chi connectivity index (χ0) is 20.7. The summed E-state index contributed by atoms with van der Waals surface area (Å²) < 4.78 is 37.9. The van der Waals surface area contributed by atoms with Gasteiger partial charge in [-0.25, -0.2) is 4.98 Å². The highest BCUT2D eigenvalue weighted by Crippen LogP contribution is 2.30. The summed E-state index contributed by atoms with van der Waals surface area (Å²) in [6, 6.07) is 10.9.